The topological polar surface area (TPSA) is 71.1 Å². The van der Waals surface area contributed by atoms with Crippen molar-refractivity contribution in [1.82, 2.24) is 4.98 Å². The third-order valence-corrected chi connectivity index (χ3v) is 6.27. The van der Waals surface area contributed by atoms with Crippen LogP contribution in [-0.2, 0) is 16.4 Å². The number of benzene rings is 1. The van der Waals surface area contributed by atoms with E-state index >= 15 is 0 Å². The monoisotopic (exact) mass is 399 g/mol. The van der Waals surface area contributed by atoms with Gasteiger partial charge < -0.3 is 5.32 Å². The van der Waals surface area contributed by atoms with Gasteiger partial charge in [0.1, 0.15) is 5.82 Å². The molecule has 28 heavy (non-hydrogen) atoms. The number of nitrogens with one attached hydrogen (secondary N) is 2. The molecule has 150 valence electrons. The zero-order chi connectivity index (χ0) is 19.7. The molecule has 1 aromatic carbocycles. The first kappa shape index (κ1) is 20.4. The van der Waals surface area contributed by atoms with Crippen LogP contribution < -0.4 is 10.0 Å². The molecule has 0 saturated heterocycles. The molecule has 3 rings (SSSR count). The Morgan fingerprint density at radius 2 is 1.86 bits per heavy atom. The minimum absolute atomic E-state index is 0.0943. The van der Waals surface area contributed by atoms with Crippen LogP contribution in [0.3, 0.4) is 0 Å². The van der Waals surface area contributed by atoms with Gasteiger partial charge >= 0.3 is 0 Å². The predicted octanol–water partition coefficient (Wildman–Crippen LogP) is 4.76. The fourth-order valence-electron chi connectivity index (χ4n) is 3.38. The van der Waals surface area contributed by atoms with Crippen LogP contribution in [0.2, 0.25) is 0 Å². The fourth-order valence-corrected chi connectivity index (χ4v) is 4.49. The summed E-state index contributed by atoms with van der Waals surface area (Å²) >= 11 is 0. The molecule has 0 bridgehead atoms. The number of hydrogen-bond acceptors (Lipinski definition) is 4. The van der Waals surface area contributed by atoms with E-state index in [0.29, 0.717) is 12.1 Å². The Morgan fingerprint density at radius 3 is 2.57 bits per heavy atom. The van der Waals surface area contributed by atoms with Crippen LogP contribution in [0.15, 0.2) is 60.3 Å². The standard InChI is InChI=1S/C22H29N3O2S/c26-28(27,17-7-12-19-8-3-1-4-9-19)25-21-13-14-22(24-18-21)23-16-15-20-10-5-2-6-11-20/h1,3-4,8-10,13-14,18,25H,2,5-7,11-12,15-17H2,(H,23,24). The van der Waals surface area contributed by atoms with Gasteiger partial charge in [-0.2, -0.15) is 0 Å². The maximum atomic E-state index is 12.3. The molecule has 2 aromatic rings. The van der Waals surface area contributed by atoms with Crippen LogP contribution in [0, 0.1) is 0 Å². The molecule has 2 N–H and O–H groups in total. The van der Waals surface area contributed by atoms with Crippen LogP contribution in [0.25, 0.3) is 0 Å². The molecule has 0 saturated carbocycles. The molecule has 5 nitrogen and oxygen atoms in total. The van der Waals surface area contributed by atoms with Crippen LogP contribution in [-0.4, -0.2) is 25.7 Å². The van der Waals surface area contributed by atoms with E-state index in [1.165, 1.54) is 31.3 Å². The summed E-state index contributed by atoms with van der Waals surface area (Å²) < 4.78 is 27.1. The van der Waals surface area contributed by atoms with Gasteiger partial charge in [0.15, 0.2) is 0 Å². The lowest BCUT2D eigenvalue weighted by atomic mass is 9.97. The smallest absolute Gasteiger partial charge is 0.232 e. The van der Waals surface area contributed by atoms with Gasteiger partial charge in [-0.25, -0.2) is 13.4 Å². The summed E-state index contributed by atoms with van der Waals surface area (Å²) in [6, 6.07) is 13.5. The van der Waals surface area contributed by atoms with Gasteiger partial charge in [0.25, 0.3) is 0 Å². The number of pyridine rings is 1. The van der Waals surface area contributed by atoms with E-state index in [9.17, 15) is 8.42 Å². The van der Waals surface area contributed by atoms with E-state index in [0.717, 1.165) is 30.8 Å². The molecule has 0 radical (unpaired) electrons. The van der Waals surface area contributed by atoms with Crippen LogP contribution in [0.5, 0.6) is 0 Å². The van der Waals surface area contributed by atoms with Gasteiger partial charge in [0.05, 0.1) is 17.6 Å². The minimum Gasteiger partial charge on any atom is -0.370 e. The molecule has 0 fully saturated rings. The molecule has 0 unspecified atom stereocenters. The highest BCUT2D eigenvalue weighted by molar-refractivity contribution is 7.92. The number of hydrogen-bond donors (Lipinski definition) is 2. The average molecular weight is 400 g/mol. The number of aromatic nitrogens is 1. The highest BCUT2D eigenvalue weighted by Gasteiger charge is 2.11. The highest BCUT2D eigenvalue weighted by atomic mass is 32.2. The third kappa shape index (κ3) is 7.00. The lowest BCUT2D eigenvalue weighted by Gasteiger charge is -2.13. The largest absolute Gasteiger partial charge is 0.370 e. The molecule has 0 spiro atoms. The second kappa shape index (κ2) is 10.3. The van der Waals surface area contributed by atoms with Crippen molar-refractivity contribution in [3.63, 3.8) is 0 Å². The summed E-state index contributed by atoms with van der Waals surface area (Å²) in [4.78, 5) is 4.32. The quantitative estimate of drug-likeness (QED) is 0.565. The van der Waals surface area contributed by atoms with Gasteiger partial charge in [0, 0.05) is 6.54 Å². The van der Waals surface area contributed by atoms with Gasteiger partial charge in [-0.1, -0.05) is 42.0 Å². The van der Waals surface area contributed by atoms with Gasteiger partial charge in [-0.3, -0.25) is 4.72 Å². The number of allylic oxidation sites excluding steroid dienone is 1. The molecule has 1 aliphatic rings. The van der Waals surface area contributed by atoms with E-state index in [4.69, 9.17) is 0 Å². The van der Waals surface area contributed by atoms with E-state index < -0.39 is 10.0 Å². The highest BCUT2D eigenvalue weighted by Crippen LogP contribution is 2.20. The Hall–Kier alpha value is -2.34. The summed E-state index contributed by atoms with van der Waals surface area (Å²) in [6.07, 6.45) is 11.3. The molecule has 0 atom stereocenters. The Kier molecular flexibility index (Phi) is 7.48. The Morgan fingerprint density at radius 1 is 1.00 bits per heavy atom. The maximum absolute atomic E-state index is 12.3. The van der Waals surface area contributed by atoms with Crippen LogP contribution in [0.4, 0.5) is 11.5 Å². The van der Waals surface area contributed by atoms with Crippen molar-refractivity contribution in [3.05, 3.63) is 65.9 Å². The molecular formula is C22H29N3O2S. The summed E-state index contributed by atoms with van der Waals surface area (Å²) in [5.41, 5.74) is 3.18. The first-order valence-corrected chi connectivity index (χ1v) is 11.7. The third-order valence-electron chi connectivity index (χ3n) is 4.90. The lowest BCUT2D eigenvalue weighted by Crippen LogP contribution is -2.17. The first-order valence-electron chi connectivity index (χ1n) is 10.0. The minimum atomic E-state index is -3.37. The van der Waals surface area contributed by atoms with E-state index in [1.807, 2.05) is 36.4 Å². The van der Waals surface area contributed by atoms with E-state index in [2.05, 4.69) is 21.1 Å². The maximum Gasteiger partial charge on any atom is 0.232 e. The van der Waals surface area contributed by atoms with Gasteiger partial charge in [-0.15, -0.1) is 0 Å². The number of rotatable bonds is 10. The van der Waals surface area contributed by atoms with E-state index in [1.54, 1.807) is 12.3 Å². The zero-order valence-electron chi connectivity index (χ0n) is 16.2. The molecule has 0 amide bonds. The van der Waals surface area contributed by atoms with Crippen molar-refractivity contribution in [1.29, 1.82) is 0 Å². The van der Waals surface area contributed by atoms with Crippen molar-refractivity contribution in [2.45, 2.75) is 44.9 Å². The molecule has 1 aliphatic carbocycles. The van der Waals surface area contributed by atoms with Crippen LogP contribution >= 0.6 is 0 Å². The average Bonchev–Trinajstić information content (AvgIpc) is 2.71. The zero-order valence-corrected chi connectivity index (χ0v) is 17.0. The number of sulfonamides is 1. The Bertz CT molecular complexity index is 862. The molecule has 1 aromatic heterocycles. The van der Waals surface area contributed by atoms with Crippen molar-refractivity contribution < 1.29 is 8.42 Å². The molecular weight excluding hydrogens is 370 g/mol. The number of anilines is 2. The van der Waals surface area contributed by atoms with Crippen molar-refractivity contribution in [2.24, 2.45) is 0 Å². The van der Waals surface area contributed by atoms with Crippen molar-refractivity contribution in [3.8, 4) is 0 Å². The SMILES string of the molecule is O=S(=O)(CCCc1ccccc1)Nc1ccc(NCCC2=CCCCC2)nc1. The summed E-state index contributed by atoms with van der Waals surface area (Å²) in [5, 5.41) is 3.31. The number of aryl methyl sites for hydroxylation is 1. The van der Waals surface area contributed by atoms with Gasteiger partial charge in [0.2, 0.25) is 10.0 Å². The predicted molar refractivity (Wildman–Crippen MR) is 116 cm³/mol. The van der Waals surface area contributed by atoms with Crippen molar-refractivity contribution in [2.75, 3.05) is 22.3 Å². The Labute approximate surface area is 168 Å². The summed E-state index contributed by atoms with van der Waals surface area (Å²) in [7, 11) is -3.37. The Balaban J connectivity index is 1.41. The molecule has 1 heterocycles. The summed E-state index contributed by atoms with van der Waals surface area (Å²) in [5.74, 6) is 0.861. The van der Waals surface area contributed by atoms with E-state index in [-0.39, 0.29) is 5.75 Å². The first-order chi connectivity index (χ1) is 13.6. The second-order valence-electron chi connectivity index (χ2n) is 7.23. The lowest BCUT2D eigenvalue weighted by molar-refractivity contribution is 0.598. The number of nitrogens with zero attached hydrogens (tertiary/aromatic N) is 1. The second-order valence-corrected chi connectivity index (χ2v) is 9.07. The molecule has 6 heteroatoms. The summed E-state index contributed by atoms with van der Waals surface area (Å²) in [6.45, 7) is 0.851. The van der Waals surface area contributed by atoms with Gasteiger partial charge in [-0.05, 0) is 62.6 Å². The molecule has 0 aliphatic heterocycles. The van der Waals surface area contributed by atoms with Crippen LogP contribution in [0.1, 0.15) is 44.1 Å². The normalized spacial score (nSPS) is 14.4. The van der Waals surface area contributed by atoms with Crippen molar-refractivity contribution >= 4 is 21.5 Å². The fraction of sp³-hybridized carbons (Fsp3) is 0.409.